The van der Waals surface area contributed by atoms with Crippen LogP contribution in [0.3, 0.4) is 0 Å². The van der Waals surface area contributed by atoms with Crippen LogP contribution in [0.5, 0.6) is 0 Å². The molecule has 3 heterocycles. The van der Waals surface area contributed by atoms with Gasteiger partial charge in [0.15, 0.2) is 0 Å². The maximum absolute atomic E-state index is 14.9. The molecular weight excluding hydrogens is 429 g/mol. The summed E-state index contributed by atoms with van der Waals surface area (Å²) in [5, 5.41) is 2.86. The van der Waals surface area contributed by atoms with Crippen molar-refractivity contribution >= 4 is 17.4 Å². The number of nitrogen functional groups attached to an aromatic ring is 1. The standard InChI is InChI=1S/C27H30FN5O/c1-17(2)32-11-13-33(14-12-32)21-6-3-18(4-7-21)23-16-24(26(29)31-25(23)28)19-5-8-22-20(15-19)9-10-30-27(22)34/h3-8,15-17H,9-14H2,1-2H3,(H2,29,31)(H,30,34)/p+1. The highest BCUT2D eigenvalue weighted by Crippen LogP contribution is 2.32. The molecule has 2 aromatic carbocycles. The highest BCUT2D eigenvalue weighted by atomic mass is 19.1. The van der Waals surface area contributed by atoms with Gasteiger partial charge >= 0.3 is 0 Å². The molecule has 2 aliphatic heterocycles. The Balaban J connectivity index is 1.42. The molecule has 0 aliphatic carbocycles. The van der Waals surface area contributed by atoms with Crippen molar-refractivity contribution in [2.45, 2.75) is 26.3 Å². The molecule has 4 N–H and O–H groups in total. The Bertz CT molecular complexity index is 1220. The smallest absolute Gasteiger partial charge is 0.283 e. The van der Waals surface area contributed by atoms with Gasteiger partial charge in [-0.1, -0.05) is 18.2 Å². The predicted molar refractivity (Wildman–Crippen MR) is 133 cm³/mol. The van der Waals surface area contributed by atoms with Crippen LogP contribution in [-0.2, 0) is 6.42 Å². The number of nitrogens with one attached hydrogen (secondary N) is 2. The molecular formula is C27H31FN5O+. The highest BCUT2D eigenvalue weighted by molar-refractivity contribution is 5.97. The summed E-state index contributed by atoms with van der Waals surface area (Å²) in [5.74, 6) is -0.254. The predicted octanol–water partition coefficient (Wildman–Crippen LogP) is 3.37. The van der Waals surface area contributed by atoms with E-state index in [0.29, 0.717) is 23.7 Å². The minimum atomic E-state index is -0.461. The second kappa shape index (κ2) is 9.06. The Hall–Kier alpha value is -3.45. The van der Waals surface area contributed by atoms with Gasteiger partial charge in [0.25, 0.3) is 17.7 Å². The Labute approximate surface area is 199 Å². The first-order valence-corrected chi connectivity index (χ1v) is 11.9. The largest absolute Gasteiger partial charge is 0.369 e. The number of nitrogens with two attached hydrogens (primary N) is 1. The zero-order valence-electron chi connectivity index (χ0n) is 19.7. The van der Waals surface area contributed by atoms with Crippen LogP contribution < -0.4 is 20.9 Å². The molecule has 1 fully saturated rings. The maximum Gasteiger partial charge on any atom is 0.283 e. The number of anilines is 2. The lowest BCUT2D eigenvalue weighted by Crippen LogP contribution is -2.48. The minimum absolute atomic E-state index is 0.0576. The first kappa shape index (κ1) is 22.3. The molecule has 5 rings (SSSR count). The number of H-pyrrole nitrogens is 1. The summed E-state index contributed by atoms with van der Waals surface area (Å²) in [6, 6.07) is 16.1. The third kappa shape index (κ3) is 4.23. The number of hydrogen-bond acceptors (Lipinski definition) is 4. The highest BCUT2D eigenvalue weighted by Gasteiger charge is 2.22. The van der Waals surface area contributed by atoms with Gasteiger partial charge < -0.3 is 10.2 Å². The molecule has 7 heteroatoms. The number of aromatic nitrogens is 1. The second-order valence-corrected chi connectivity index (χ2v) is 9.37. The quantitative estimate of drug-likeness (QED) is 0.586. The molecule has 34 heavy (non-hydrogen) atoms. The summed E-state index contributed by atoms with van der Waals surface area (Å²) in [6.07, 6.45) is 0.763. The number of pyridine rings is 1. The molecule has 6 nitrogen and oxygen atoms in total. The Morgan fingerprint density at radius 3 is 2.35 bits per heavy atom. The third-order valence-electron chi connectivity index (χ3n) is 6.99. The zero-order valence-corrected chi connectivity index (χ0v) is 19.7. The fourth-order valence-corrected chi connectivity index (χ4v) is 4.93. The van der Waals surface area contributed by atoms with Gasteiger partial charge in [-0.2, -0.15) is 4.39 Å². The lowest BCUT2D eigenvalue weighted by atomic mass is 9.94. The molecule has 0 spiro atoms. The summed E-state index contributed by atoms with van der Waals surface area (Å²) >= 11 is 0. The van der Waals surface area contributed by atoms with Crippen LogP contribution in [0.25, 0.3) is 22.3 Å². The normalized spacial score (nSPS) is 16.5. The average Bonchev–Trinajstić information content (AvgIpc) is 2.84. The van der Waals surface area contributed by atoms with Gasteiger partial charge in [-0.25, -0.2) is 4.98 Å². The van der Waals surface area contributed by atoms with Crippen LogP contribution in [-0.4, -0.2) is 49.6 Å². The van der Waals surface area contributed by atoms with Crippen molar-refractivity contribution < 1.29 is 14.2 Å². The van der Waals surface area contributed by atoms with Crippen LogP contribution >= 0.6 is 0 Å². The molecule has 1 saturated heterocycles. The number of halogens is 1. The molecule has 1 aromatic heterocycles. The molecule has 2 aliphatic rings. The van der Waals surface area contributed by atoms with Crippen molar-refractivity contribution in [3.8, 4) is 22.3 Å². The van der Waals surface area contributed by atoms with Gasteiger partial charge in [-0.05, 0) is 67.3 Å². The minimum Gasteiger partial charge on any atom is -0.369 e. The third-order valence-corrected chi connectivity index (χ3v) is 6.99. The van der Waals surface area contributed by atoms with E-state index >= 15 is 0 Å². The van der Waals surface area contributed by atoms with Crippen LogP contribution in [0.4, 0.5) is 15.9 Å². The van der Waals surface area contributed by atoms with Crippen LogP contribution in [0.1, 0.15) is 29.8 Å². The van der Waals surface area contributed by atoms with Gasteiger partial charge in [-0.15, -0.1) is 0 Å². The van der Waals surface area contributed by atoms with E-state index in [1.807, 2.05) is 30.3 Å². The summed E-state index contributed by atoms with van der Waals surface area (Å²) in [4.78, 5) is 19.6. The van der Waals surface area contributed by atoms with Gasteiger partial charge in [-0.3, -0.25) is 15.4 Å². The lowest BCUT2D eigenvalue weighted by Gasteiger charge is -2.38. The summed E-state index contributed by atoms with van der Waals surface area (Å²) < 4.78 is 14.9. The summed E-state index contributed by atoms with van der Waals surface area (Å²) in [6.45, 7) is 9.16. The summed E-state index contributed by atoms with van der Waals surface area (Å²) in [5.41, 5.74) is 11.8. The van der Waals surface area contributed by atoms with E-state index < -0.39 is 5.95 Å². The van der Waals surface area contributed by atoms with Gasteiger partial charge in [0.05, 0.1) is 11.1 Å². The molecule has 0 bridgehead atoms. The fraction of sp³-hybridized carbons (Fsp3) is 0.333. The van der Waals surface area contributed by atoms with E-state index in [4.69, 9.17) is 5.73 Å². The molecule has 1 amide bonds. The van der Waals surface area contributed by atoms with Crippen LogP contribution in [0.15, 0.2) is 48.5 Å². The number of carbonyl (C=O) groups is 1. The number of piperazine rings is 1. The Kier molecular flexibility index (Phi) is 5.96. The van der Waals surface area contributed by atoms with Crippen molar-refractivity contribution in [2.24, 2.45) is 0 Å². The number of aromatic amines is 1. The number of nitrogens with zero attached hydrogens (tertiary/aromatic N) is 2. The Morgan fingerprint density at radius 1 is 0.941 bits per heavy atom. The average molecular weight is 461 g/mol. The monoisotopic (exact) mass is 460 g/mol. The van der Waals surface area contributed by atoms with E-state index in [-0.39, 0.29) is 11.7 Å². The lowest BCUT2D eigenvalue weighted by molar-refractivity contribution is -0.403. The Morgan fingerprint density at radius 2 is 1.65 bits per heavy atom. The number of rotatable bonds is 4. The number of benzene rings is 2. The van der Waals surface area contributed by atoms with Gasteiger partial charge in [0.2, 0.25) is 0 Å². The van der Waals surface area contributed by atoms with E-state index in [9.17, 15) is 9.18 Å². The van der Waals surface area contributed by atoms with Crippen molar-refractivity contribution in [3.63, 3.8) is 0 Å². The number of carbonyl (C=O) groups excluding carboxylic acids is 1. The molecule has 0 unspecified atom stereocenters. The second-order valence-electron chi connectivity index (χ2n) is 9.37. The van der Waals surface area contributed by atoms with Crippen molar-refractivity contribution in [2.75, 3.05) is 43.4 Å². The summed E-state index contributed by atoms with van der Waals surface area (Å²) in [7, 11) is 0. The van der Waals surface area contributed by atoms with Crippen molar-refractivity contribution in [3.05, 3.63) is 65.6 Å². The van der Waals surface area contributed by atoms with Gasteiger partial charge in [0, 0.05) is 50.0 Å². The first-order chi connectivity index (χ1) is 16.4. The first-order valence-electron chi connectivity index (χ1n) is 11.9. The molecule has 176 valence electrons. The number of amides is 1. The SMILES string of the molecule is CC(C)N1CCN(c2ccc(-c3cc(-c4ccc5c(c4)CCNC5=O)c(N)[nH+]c3F)cc2)CC1. The van der Waals surface area contributed by atoms with E-state index in [1.165, 1.54) is 0 Å². The van der Waals surface area contributed by atoms with E-state index in [2.05, 4.69) is 46.1 Å². The van der Waals surface area contributed by atoms with Crippen molar-refractivity contribution in [1.82, 2.24) is 10.2 Å². The van der Waals surface area contributed by atoms with Crippen LogP contribution in [0.2, 0.25) is 0 Å². The number of fused-ring (bicyclic) bond motifs is 1. The zero-order chi connectivity index (χ0) is 23.8. The van der Waals surface area contributed by atoms with E-state index in [0.717, 1.165) is 60.5 Å². The molecule has 3 aromatic rings. The molecule has 0 atom stereocenters. The van der Waals surface area contributed by atoms with Crippen molar-refractivity contribution in [1.29, 1.82) is 0 Å². The van der Waals surface area contributed by atoms with Gasteiger partial charge in [0.1, 0.15) is 0 Å². The maximum atomic E-state index is 14.9. The number of hydrogen-bond donors (Lipinski definition) is 2. The fourth-order valence-electron chi connectivity index (χ4n) is 4.93. The van der Waals surface area contributed by atoms with Crippen LogP contribution in [0, 0.1) is 5.95 Å². The molecule has 0 saturated carbocycles. The van der Waals surface area contributed by atoms with E-state index in [1.54, 1.807) is 6.07 Å². The molecule has 0 radical (unpaired) electrons. The topological polar surface area (TPSA) is 75.7 Å².